The number of halogens is 1. The number of benzene rings is 1. The number of nitrogens with zero attached hydrogens (tertiary/aromatic N) is 2. The van der Waals surface area contributed by atoms with Crippen molar-refractivity contribution in [1.82, 2.24) is 10.4 Å². The third-order valence-corrected chi connectivity index (χ3v) is 3.04. The Bertz CT molecular complexity index is 671. The highest BCUT2D eigenvalue weighted by Gasteiger charge is 2.05. The summed E-state index contributed by atoms with van der Waals surface area (Å²) < 4.78 is 0.713. The fraction of sp³-hybridized carbons (Fsp3) is 0.0714. The fourth-order valence-electron chi connectivity index (χ4n) is 1.55. The number of phenols is 1. The zero-order valence-corrected chi connectivity index (χ0v) is 12.3. The first-order valence-corrected chi connectivity index (χ1v) is 6.60. The van der Waals surface area contributed by atoms with E-state index in [1.165, 1.54) is 12.4 Å². The summed E-state index contributed by atoms with van der Waals surface area (Å²) in [6.07, 6.45) is 4.43. The molecule has 0 aliphatic carbocycles. The van der Waals surface area contributed by atoms with Crippen LogP contribution in [0.3, 0.4) is 0 Å². The molecule has 0 fully saturated rings. The lowest BCUT2D eigenvalue weighted by atomic mass is 10.1. The summed E-state index contributed by atoms with van der Waals surface area (Å²) in [5.41, 5.74) is 4.06. The summed E-state index contributed by atoms with van der Waals surface area (Å²) in [7, 11) is 0. The molecule has 0 unspecified atom stereocenters. The molecule has 0 saturated carbocycles. The number of phenolic OH excluding ortho intramolecular Hbond substituents is 1. The number of hydrogen-bond donors (Lipinski definition) is 2. The third-order valence-electron chi connectivity index (χ3n) is 2.61. The van der Waals surface area contributed by atoms with Crippen LogP contribution in [-0.2, 0) is 0 Å². The van der Waals surface area contributed by atoms with Gasteiger partial charge in [-0.05, 0) is 40.5 Å². The molecular weight excluding hydrogens is 322 g/mol. The van der Waals surface area contributed by atoms with Gasteiger partial charge < -0.3 is 5.11 Å². The van der Waals surface area contributed by atoms with E-state index in [1.807, 2.05) is 0 Å². The van der Waals surface area contributed by atoms with Gasteiger partial charge in [0.1, 0.15) is 5.75 Å². The normalized spacial score (nSPS) is 10.7. The molecule has 1 heterocycles. The van der Waals surface area contributed by atoms with E-state index in [-0.39, 0.29) is 11.7 Å². The van der Waals surface area contributed by atoms with E-state index in [0.29, 0.717) is 15.6 Å². The highest BCUT2D eigenvalue weighted by atomic mass is 79.9. The van der Waals surface area contributed by atoms with Crippen molar-refractivity contribution < 1.29 is 9.90 Å². The maximum atomic E-state index is 11.8. The zero-order chi connectivity index (χ0) is 14.5. The van der Waals surface area contributed by atoms with E-state index in [1.54, 1.807) is 37.4 Å². The van der Waals surface area contributed by atoms with Gasteiger partial charge in [-0.1, -0.05) is 12.1 Å². The topological polar surface area (TPSA) is 74.6 Å². The number of hydrogen-bond acceptors (Lipinski definition) is 4. The molecule has 1 aromatic heterocycles. The molecule has 20 heavy (non-hydrogen) atoms. The van der Waals surface area contributed by atoms with Crippen molar-refractivity contribution in [2.45, 2.75) is 6.92 Å². The van der Waals surface area contributed by atoms with Gasteiger partial charge in [-0.2, -0.15) is 5.10 Å². The Morgan fingerprint density at radius 3 is 3.00 bits per heavy atom. The fourth-order valence-corrected chi connectivity index (χ4v) is 1.91. The third kappa shape index (κ3) is 3.42. The Morgan fingerprint density at radius 1 is 1.45 bits per heavy atom. The Kier molecular flexibility index (Phi) is 4.47. The maximum Gasteiger partial charge on any atom is 0.272 e. The molecule has 0 saturated heterocycles. The number of para-hydroxylation sites is 1. The minimum atomic E-state index is -0.373. The molecule has 2 rings (SSSR count). The second-order valence-corrected chi connectivity index (χ2v) is 5.02. The summed E-state index contributed by atoms with van der Waals surface area (Å²) >= 11 is 3.24. The first-order chi connectivity index (χ1) is 9.58. The number of amides is 1. The predicted octanol–water partition coefficient (Wildman–Crippen LogP) is 2.62. The van der Waals surface area contributed by atoms with Crippen LogP contribution >= 0.6 is 15.9 Å². The lowest BCUT2D eigenvalue weighted by molar-refractivity contribution is 0.0954. The summed E-state index contributed by atoms with van der Waals surface area (Å²) in [5, 5.41) is 13.6. The Balaban J connectivity index is 2.07. The Labute approximate surface area is 124 Å². The van der Waals surface area contributed by atoms with E-state index in [0.717, 1.165) is 5.56 Å². The number of nitrogens with one attached hydrogen (secondary N) is 1. The van der Waals surface area contributed by atoms with Crippen LogP contribution in [-0.4, -0.2) is 22.2 Å². The molecule has 0 spiro atoms. The van der Waals surface area contributed by atoms with E-state index >= 15 is 0 Å². The van der Waals surface area contributed by atoms with Crippen LogP contribution in [0.4, 0.5) is 0 Å². The number of aromatic hydroxyl groups is 1. The largest absolute Gasteiger partial charge is 0.507 e. The van der Waals surface area contributed by atoms with Gasteiger partial charge in [0.15, 0.2) is 0 Å². The summed E-state index contributed by atoms with van der Waals surface area (Å²) in [6, 6.07) is 6.94. The Morgan fingerprint density at radius 2 is 2.25 bits per heavy atom. The van der Waals surface area contributed by atoms with E-state index in [2.05, 4.69) is 31.4 Å². The van der Waals surface area contributed by atoms with E-state index in [4.69, 9.17) is 0 Å². The number of aromatic nitrogens is 1. The first-order valence-electron chi connectivity index (χ1n) is 5.80. The lowest BCUT2D eigenvalue weighted by Crippen LogP contribution is -2.17. The summed E-state index contributed by atoms with van der Waals surface area (Å²) in [6.45, 7) is 1.79. The highest BCUT2D eigenvalue weighted by molar-refractivity contribution is 9.10. The van der Waals surface area contributed by atoms with Gasteiger partial charge in [-0.15, -0.1) is 0 Å². The minimum Gasteiger partial charge on any atom is -0.507 e. The molecule has 5 nitrogen and oxygen atoms in total. The van der Waals surface area contributed by atoms with Gasteiger partial charge in [0.05, 0.1) is 11.8 Å². The molecule has 2 aromatic rings. The van der Waals surface area contributed by atoms with Gasteiger partial charge in [0, 0.05) is 22.4 Å². The monoisotopic (exact) mass is 333 g/mol. The van der Waals surface area contributed by atoms with Crippen molar-refractivity contribution in [3.63, 3.8) is 0 Å². The lowest BCUT2D eigenvalue weighted by Gasteiger charge is -2.02. The van der Waals surface area contributed by atoms with Crippen molar-refractivity contribution in [3.8, 4) is 5.75 Å². The van der Waals surface area contributed by atoms with Crippen LogP contribution in [0.5, 0.6) is 5.75 Å². The van der Waals surface area contributed by atoms with Crippen molar-refractivity contribution in [3.05, 3.63) is 57.8 Å². The number of hydrazone groups is 1. The van der Waals surface area contributed by atoms with Gasteiger partial charge in [-0.25, -0.2) is 5.43 Å². The quantitative estimate of drug-likeness (QED) is 0.669. The van der Waals surface area contributed by atoms with Crippen LogP contribution in [0.25, 0.3) is 0 Å². The predicted molar refractivity (Wildman–Crippen MR) is 79.8 cm³/mol. The molecule has 1 amide bonds. The average Bonchev–Trinajstić information content (AvgIpc) is 2.43. The molecule has 102 valence electrons. The van der Waals surface area contributed by atoms with Gasteiger partial charge in [0.25, 0.3) is 5.91 Å². The van der Waals surface area contributed by atoms with E-state index in [9.17, 15) is 9.90 Å². The molecule has 0 aliphatic heterocycles. The number of rotatable bonds is 3. The van der Waals surface area contributed by atoms with Crippen molar-refractivity contribution in [2.75, 3.05) is 0 Å². The van der Waals surface area contributed by atoms with Crippen LogP contribution < -0.4 is 5.43 Å². The SMILES string of the molecule is Cc1cccc(/C=N\NC(=O)c2cncc(Br)c2)c1O. The molecule has 0 bridgehead atoms. The second-order valence-electron chi connectivity index (χ2n) is 4.10. The van der Waals surface area contributed by atoms with Gasteiger partial charge in [-0.3, -0.25) is 9.78 Å². The van der Waals surface area contributed by atoms with Crippen LogP contribution in [0, 0.1) is 6.92 Å². The van der Waals surface area contributed by atoms with Gasteiger partial charge in [0.2, 0.25) is 0 Å². The first kappa shape index (κ1) is 14.2. The zero-order valence-electron chi connectivity index (χ0n) is 10.7. The van der Waals surface area contributed by atoms with Crippen molar-refractivity contribution in [2.24, 2.45) is 5.10 Å². The number of pyridine rings is 1. The van der Waals surface area contributed by atoms with E-state index < -0.39 is 0 Å². The van der Waals surface area contributed by atoms with Gasteiger partial charge >= 0.3 is 0 Å². The average molecular weight is 334 g/mol. The maximum absolute atomic E-state index is 11.8. The van der Waals surface area contributed by atoms with Crippen LogP contribution in [0.2, 0.25) is 0 Å². The second kappa shape index (κ2) is 6.29. The molecule has 0 radical (unpaired) electrons. The van der Waals surface area contributed by atoms with Crippen LogP contribution in [0.1, 0.15) is 21.5 Å². The standard InChI is InChI=1S/C14H12BrN3O2/c1-9-3-2-4-10(13(9)19)7-17-18-14(20)11-5-12(15)8-16-6-11/h2-8,19H,1H3,(H,18,20)/b17-7-. The number of aryl methyl sites for hydroxylation is 1. The van der Waals surface area contributed by atoms with Crippen molar-refractivity contribution >= 4 is 28.1 Å². The van der Waals surface area contributed by atoms with Crippen LogP contribution in [0.15, 0.2) is 46.2 Å². The summed E-state index contributed by atoms with van der Waals surface area (Å²) in [4.78, 5) is 15.7. The molecule has 1 aromatic carbocycles. The highest BCUT2D eigenvalue weighted by Crippen LogP contribution is 2.19. The molecular formula is C14H12BrN3O2. The molecule has 2 N–H and O–H groups in total. The molecule has 0 atom stereocenters. The Hall–Kier alpha value is -2.21. The number of carbonyl (C=O) groups excluding carboxylic acids is 1. The number of carbonyl (C=O) groups is 1. The smallest absolute Gasteiger partial charge is 0.272 e. The molecule has 6 heteroatoms. The summed E-state index contributed by atoms with van der Waals surface area (Å²) in [5.74, 6) is -0.225. The molecule has 0 aliphatic rings. The minimum absolute atomic E-state index is 0.148. The van der Waals surface area contributed by atoms with Crippen molar-refractivity contribution in [1.29, 1.82) is 0 Å².